The van der Waals surface area contributed by atoms with Crippen molar-refractivity contribution in [3.05, 3.63) is 133 Å². The van der Waals surface area contributed by atoms with E-state index in [0.29, 0.717) is 33.7 Å². The second-order valence-electron chi connectivity index (χ2n) is 11.3. The van der Waals surface area contributed by atoms with E-state index in [4.69, 9.17) is 46.3 Å². The van der Waals surface area contributed by atoms with Crippen LogP contribution in [0.15, 0.2) is 133 Å². The molecule has 8 radical (unpaired) electrons. The number of aromatic nitrogens is 4. The quantitative estimate of drug-likeness (QED) is 0.271. The highest BCUT2D eigenvalue weighted by Crippen LogP contribution is 2.35. The van der Waals surface area contributed by atoms with Crippen molar-refractivity contribution in [1.29, 1.82) is 0 Å². The summed E-state index contributed by atoms with van der Waals surface area (Å²) in [5.41, 5.74) is 7.46. The molecule has 8 heteroatoms. The Kier molecular flexibility index (Phi) is 7.14. The SMILES string of the molecule is [B]c1c([B])c(-c2ccccc2-n2c3ccccc3c3ccccc32)c([B])c([B])c1-c1nc(-c2ccccc2)nc(-c2ccccc2)n1. The van der Waals surface area contributed by atoms with E-state index < -0.39 is 0 Å². The van der Waals surface area contributed by atoms with Gasteiger partial charge in [-0.2, -0.15) is 0 Å². The zero-order chi connectivity index (χ0) is 32.1. The molecule has 0 aliphatic rings. The van der Waals surface area contributed by atoms with Crippen molar-refractivity contribution in [2.24, 2.45) is 0 Å². The van der Waals surface area contributed by atoms with Gasteiger partial charge in [0.15, 0.2) is 17.5 Å². The van der Waals surface area contributed by atoms with Gasteiger partial charge in [0.2, 0.25) is 0 Å². The van der Waals surface area contributed by atoms with Gasteiger partial charge < -0.3 is 4.57 Å². The summed E-state index contributed by atoms with van der Waals surface area (Å²) in [4.78, 5) is 14.5. The first-order valence-corrected chi connectivity index (χ1v) is 15.2. The van der Waals surface area contributed by atoms with Crippen molar-refractivity contribution < 1.29 is 0 Å². The molecule has 210 valence electrons. The molecule has 0 aliphatic heterocycles. The first-order chi connectivity index (χ1) is 23.0. The Morgan fingerprint density at radius 2 is 0.787 bits per heavy atom. The molecule has 0 atom stereocenters. The fourth-order valence-corrected chi connectivity index (χ4v) is 6.34. The number of rotatable bonds is 5. The predicted molar refractivity (Wildman–Crippen MR) is 197 cm³/mol. The van der Waals surface area contributed by atoms with Gasteiger partial charge in [-0.3, -0.25) is 0 Å². The molecule has 0 fully saturated rings. The van der Waals surface area contributed by atoms with Crippen LogP contribution in [0.2, 0.25) is 0 Å². The second-order valence-corrected chi connectivity index (χ2v) is 11.3. The normalized spacial score (nSPS) is 11.3. The lowest BCUT2D eigenvalue weighted by Crippen LogP contribution is -2.45. The molecule has 8 rings (SSSR count). The molecule has 0 saturated carbocycles. The van der Waals surface area contributed by atoms with Gasteiger partial charge in [0.25, 0.3) is 0 Å². The smallest absolute Gasteiger partial charge is 0.164 e. The summed E-state index contributed by atoms with van der Waals surface area (Å²) in [7, 11) is 27.6. The van der Waals surface area contributed by atoms with Crippen molar-refractivity contribution in [1.82, 2.24) is 19.5 Å². The van der Waals surface area contributed by atoms with E-state index in [1.165, 1.54) is 0 Å². The average molecular weight is 590 g/mol. The minimum atomic E-state index is 0.243. The summed E-state index contributed by atoms with van der Waals surface area (Å²) in [6.07, 6.45) is 0. The Balaban J connectivity index is 1.36. The van der Waals surface area contributed by atoms with Crippen molar-refractivity contribution in [3.8, 4) is 51.0 Å². The summed E-state index contributed by atoms with van der Waals surface area (Å²) in [6.45, 7) is 0. The Morgan fingerprint density at radius 1 is 0.383 bits per heavy atom. The van der Waals surface area contributed by atoms with Crippen LogP contribution in [-0.4, -0.2) is 50.9 Å². The summed E-state index contributed by atoms with van der Waals surface area (Å²) < 4.78 is 2.23. The van der Waals surface area contributed by atoms with Gasteiger partial charge >= 0.3 is 0 Å². The zero-order valence-electron chi connectivity index (χ0n) is 25.3. The molecule has 2 heterocycles. The molecule has 0 aliphatic carbocycles. The largest absolute Gasteiger partial charge is 0.309 e. The number of nitrogens with zero attached hydrogens (tertiary/aromatic N) is 4. The van der Waals surface area contributed by atoms with Crippen LogP contribution in [0.4, 0.5) is 0 Å². The zero-order valence-corrected chi connectivity index (χ0v) is 25.3. The van der Waals surface area contributed by atoms with Crippen LogP contribution in [0.5, 0.6) is 0 Å². The lowest BCUT2D eigenvalue weighted by molar-refractivity contribution is 1.08. The molecule has 0 unspecified atom stereocenters. The highest BCUT2D eigenvalue weighted by Gasteiger charge is 2.22. The topological polar surface area (TPSA) is 43.6 Å². The molecule has 47 heavy (non-hydrogen) atoms. The van der Waals surface area contributed by atoms with Crippen LogP contribution in [-0.2, 0) is 0 Å². The maximum Gasteiger partial charge on any atom is 0.164 e. The highest BCUT2D eigenvalue weighted by atomic mass is 15.0. The van der Waals surface area contributed by atoms with E-state index in [1.807, 2.05) is 91.0 Å². The monoisotopic (exact) mass is 590 g/mol. The van der Waals surface area contributed by atoms with E-state index in [9.17, 15) is 0 Å². The Bertz CT molecular complexity index is 2320. The van der Waals surface area contributed by atoms with Crippen molar-refractivity contribution in [2.45, 2.75) is 0 Å². The number of para-hydroxylation sites is 3. The molecule has 2 aromatic heterocycles. The van der Waals surface area contributed by atoms with Gasteiger partial charge in [-0.15, -0.1) is 0 Å². The molecule has 0 bridgehead atoms. The summed E-state index contributed by atoms with van der Waals surface area (Å²) in [5, 5.41) is 2.29. The van der Waals surface area contributed by atoms with E-state index in [2.05, 4.69) is 47.0 Å². The fourth-order valence-electron chi connectivity index (χ4n) is 6.34. The lowest BCUT2D eigenvalue weighted by atomic mass is 9.63. The summed E-state index contributed by atoms with van der Waals surface area (Å²) in [5.74, 6) is 1.24. The van der Waals surface area contributed by atoms with Gasteiger partial charge in [-0.1, -0.05) is 137 Å². The maximum absolute atomic E-state index is 6.93. The van der Waals surface area contributed by atoms with Crippen LogP contribution in [0.3, 0.4) is 0 Å². The van der Waals surface area contributed by atoms with Crippen LogP contribution in [0.1, 0.15) is 0 Å². The Morgan fingerprint density at radius 3 is 1.32 bits per heavy atom. The molecule has 0 saturated heterocycles. The Labute approximate surface area is 278 Å². The molecule has 0 spiro atoms. The average Bonchev–Trinajstić information content (AvgIpc) is 3.46. The highest BCUT2D eigenvalue weighted by molar-refractivity contribution is 6.62. The van der Waals surface area contributed by atoms with Crippen molar-refractivity contribution in [3.63, 3.8) is 0 Å². The minimum Gasteiger partial charge on any atom is -0.309 e. The number of fused-ring (bicyclic) bond motifs is 3. The maximum atomic E-state index is 6.93. The molecule has 0 N–H and O–H groups in total. The predicted octanol–water partition coefficient (Wildman–Crippen LogP) is 4.81. The van der Waals surface area contributed by atoms with E-state index >= 15 is 0 Å². The Hall–Kier alpha value is -5.61. The molecule has 6 aromatic carbocycles. The van der Waals surface area contributed by atoms with E-state index in [0.717, 1.165) is 44.2 Å². The standard InChI is InChI=1S/C39H22B4N4/c40-33-31(27-19-9-12-22-30(27)47-28-20-10-7-17-25(28)26-18-8-11-21-29(26)47)34(41)36(43)32(35(33)42)39-45-37(23-13-3-1-4-14-23)44-38(46-39)24-15-5-2-6-16-24/h1-22H. The third kappa shape index (κ3) is 4.80. The molecule has 8 aromatic rings. The second kappa shape index (κ2) is 11.6. The van der Waals surface area contributed by atoms with Crippen molar-refractivity contribution in [2.75, 3.05) is 0 Å². The first kappa shape index (κ1) is 28.8. The third-order valence-electron chi connectivity index (χ3n) is 8.58. The molecular formula is C39H22B4N4. The first-order valence-electron chi connectivity index (χ1n) is 15.2. The van der Waals surface area contributed by atoms with Gasteiger partial charge in [0.05, 0.1) is 16.7 Å². The van der Waals surface area contributed by atoms with Gasteiger partial charge in [0.1, 0.15) is 31.4 Å². The minimum absolute atomic E-state index is 0.243. The van der Waals surface area contributed by atoms with Crippen LogP contribution in [0.25, 0.3) is 72.8 Å². The fraction of sp³-hybridized carbons (Fsp3) is 0. The lowest BCUT2D eigenvalue weighted by Gasteiger charge is -2.24. The number of hydrogen-bond donors (Lipinski definition) is 0. The molecular weight excluding hydrogens is 568 g/mol. The third-order valence-corrected chi connectivity index (χ3v) is 8.58. The van der Waals surface area contributed by atoms with Crippen LogP contribution < -0.4 is 21.9 Å². The van der Waals surface area contributed by atoms with Crippen molar-refractivity contribution >= 4 is 75.0 Å². The van der Waals surface area contributed by atoms with Crippen LogP contribution >= 0.6 is 0 Å². The van der Waals surface area contributed by atoms with Crippen LogP contribution in [0, 0.1) is 0 Å². The summed E-state index contributed by atoms with van der Waals surface area (Å²) in [6, 6.07) is 44.0. The van der Waals surface area contributed by atoms with Gasteiger partial charge in [-0.25, -0.2) is 15.0 Å². The van der Waals surface area contributed by atoms with E-state index in [1.54, 1.807) is 0 Å². The molecule has 0 amide bonds. The summed E-state index contributed by atoms with van der Waals surface area (Å²) >= 11 is 0. The number of hydrogen-bond acceptors (Lipinski definition) is 3. The molecule has 4 nitrogen and oxygen atoms in total. The van der Waals surface area contributed by atoms with E-state index in [-0.39, 0.29) is 16.8 Å². The van der Waals surface area contributed by atoms with Gasteiger partial charge in [-0.05, 0) is 23.8 Å². The number of benzene rings is 6. The van der Waals surface area contributed by atoms with Gasteiger partial charge in [0, 0.05) is 33.0 Å².